The molecule has 0 unspecified atom stereocenters. The number of hydrogen-bond donors (Lipinski definition) is 1. The predicted octanol–water partition coefficient (Wildman–Crippen LogP) is 3.49. The lowest BCUT2D eigenvalue weighted by molar-refractivity contribution is -0.387. The van der Waals surface area contributed by atoms with Gasteiger partial charge in [-0.2, -0.15) is 9.57 Å². The molecule has 1 atom stereocenters. The number of nitrogens with zero attached hydrogens (tertiary/aromatic N) is 6. The summed E-state index contributed by atoms with van der Waals surface area (Å²) < 4.78 is 29.0. The van der Waals surface area contributed by atoms with Crippen molar-refractivity contribution in [2.75, 3.05) is 18.0 Å². The van der Waals surface area contributed by atoms with Gasteiger partial charge in [0.15, 0.2) is 4.90 Å². The topological polar surface area (TPSA) is 150 Å². The fourth-order valence-corrected chi connectivity index (χ4v) is 6.25. The first-order valence-electron chi connectivity index (χ1n) is 11.7. The van der Waals surface area contributed by atoms with Crippen molar-refractivity contribution in [2.45, 2.75) is 37.2 Å². The van der Waals surface area contributed by atoms with Crippen LogP contribution in [0.25, 0.3) is 0 Å². The largest absolute Gasteiger partial charge is 0.352 e. The van der Waals surface area contributed by atoms with Crippen LogP contribution in [0.4, 0.5) is 11.5 Å². The molecule has 2 aromatic carbocycles. The van der Waals surface area contributed by atoms with Crippen LogP contribution in [0, 0.1) is 28.4 Å². The van der Waals surface area contributed by atoms with Gasteiger partial charge in [-0.1, -0.05) is 24.3 Å². The van der Waals surface area contributed by atoms with E-state index in [1.54, 1.807) is 31.2 Å². The molecule has 11 nitrogen and oxygen atoms in total. The van der Waals surface area contributed by atoms with Crippen molar-refractivity contribution in [3.8, 4) is 6.07 Å². The maximum absolute atomic E-state index is 13.9. The summed E-state index contributed by atoms with van der Waals surface area (Å²) in [5, 5.41) is 20.3. The molecule has 4 rings (SSSR count). The summed E-state index contributed by atoms with van der Waals surface area (Å²) in [6.07, 6.45) is 2.74. The molecule has 0 amide bonds. The molecule has 1 aliphatic heterocycles. The standard InChI is InChI=1S/C25H24N6O5S2/c1-17-27-14-21(25(32)37)24(28-17)30-12-4-5-20(30)16-29(15-19-10-8-18(13-26)9-11-19)38(35,36)23-7-3-2-6-22(23)31(33)34/h2-3,6-11,14,20H,4-5,12,15-16H2,1H3,(H,32,37)/t20-/m0/s1. The van der Waals surface area contributed by atoms with Crippen molar-refractivity contribution < 1.29 is 18.1 Å². The molecule has 1 saturated heterocycles. The summed E-state index contributed by atoms with van der Waals surface area (Å²) in [5.74, 6) is 0.826. The zero-order valence-electron chi connectivity index (χ0n) is 20.4. The maximum atomic E-state index is 13.9. The van der Waals surface area contributed by atoms with Gasteiger partial charge >= 0.3 is 0 Å². The molecule has 13 heteroatoms. The van der Waals surface area contributed by atoms with Crippen LogP contribution in [-0.4, -0.2) is 51.9 Å². The zero-order valence-corrected chi connectivity index (χ0v) is 22.1. The molecule has 196 valence electrons. The van der Waals surface area contributed by atoms with E-state index in [-0.39, 0.29) is 24.7 Å². The molecule has 0 spiro atoms. The second kappa shape index (κ2) is 11.3. The van der Waals surface area contributed by atoms with E-state index >= 15 is 0 Å². The van der Waals surface area contributed by atoms with E-state index in [0.717, 1.165) is 12.5 Å². The Labute approximate surface area is 225 Å². The van der Waals surface area contributed by atoms with Crippen molar-refractivity contribution in [1.82, 2.24) is 14.3 Å². The van der Waals surface area contributed by atoms with Gasteiger partial charge in [0, 0.05) is 37.9 Å². The lowest BCUT2D eigenvalue weighted by atomic mass is 10.1. The molecule has 2 heterocycles. The van der Waals surface area contributed by atoms with E-state index in [2.05, 4.69) is 22.6 Å². The minimum atomic E-state index is -4.33. The summed E-state index contributed by atoms with van der Waals surface area (Å²) in [6, 6.07) is 13.4. The van der Waals surface area contributed by atoms with Crippen LogP contribution in [0.3, 0.4) is 0 Å². The van der Waals surface area contributed by atoms with Crippen LogP contribution in [0.1, 0.15) is 40.2 Å². The highest BCUT2D eigenvalue weighted by Gasteiger charge is 2.37. The van der Waals surface area contributed by atoms with Crippen molar-refractivity contribution >= 4 is 39.3 Å². The zero-order chi connectivity index (χ0) is 27.4. The number of sulfonamides is 1. The van der Waals surface area contributed by atoms with Gasteiger partial charge in [0.25, 0.3) is 5.69 Å². The van der Waals surface area contributed by atoms with Gasteiger partial charge in [-0.3, -0.25) is 14.9 Å². The van der Waals surface area contributed by atoms with Crippen molar-refractivity contribution in [3.63, 3.8) is 0 Å². The monoisotopic (exact) mass is 552 g/mol. The summed E-state index contributed by atoms with van der Waals surface area (Å²) in [4.78, 5) is 33.1. The quantitative estimate of drug-likeness (QED) is 0.239. The first kappa shape index (κ1) is 27.2. The number of rotatable bonds is 9. The number of carbonyl (C=O) groups excluding carboxylic acids is 1. The number of nitro benzene ring substituents is 1. The highest BCUT2D eigenvalue weighted by atomic mass is 32.2. The Hall–Kier alpha value is -3.86. The van der Waals surface area contributed by atoms with E-state index in [4.69, 9.17) is 5.26 Å². The Morgan fingerprint density at radius 2 is 1.97 bits per heavy atom. The van der Waals surface area contributed by atoms with Crippen molar-refractivity contribution in [2.24, 2.45) is 0 Å². The smallest absolute Gasteiger partial charge is 0.289 e. The Balaban J connectivity index is 1.75. The number of carbonyl (C=O) groups is 1. The fourth-order valence-electron chi connectivity index (χ4n) is 4.47. The second-order valence-electron chi connectivity index (χ2n) is 8.78. The van der Waals surface area contributed by atoms with Gasteiger partial charge in [0.1, 0.15) is 11.6 Å². The van der Waals surface area contributed by atoms with Crippen molar-refractivity contribution in [3.05, 3.63) is 87.4 Å². The lowest BCUT2D eigenvalue weighted by Crippen LogP contribution is -2.43. The van der Waals surface area contributed by atoms with Crippen molar-refractivity contribution in [1.29, 1.82) is 5.26 Å². The molecule has 1 aromatic heterocycles. The number of aryl methyl sites for hydroxylation is 1. The van der Waals surface area contributed by atoms with Gasteiger partial charge in [-0.25, -0.2) is 18.4 Å². The molecule has 1 fully saturated rings. The van der Waals surface area contributed by atoms with E-state index in [1.165, 1.54) is 28.7 Å². The third-order valence-corrected chi connectivity index (χ3v) is 8.40. The number of thiol groups is 1. The highest BCUT2D eigenvalue weighted by molar-refractivity contribution is 7.97. The number of hydrogen-bond acceptors (Lipinski definition) is 9. The van der Waals surface area contributed by atoms with Gasteiger partial charge in [0.2, 0.25) is 15.1 Å². The molecule has 38 heavy (non-hydrogen) atoms. The maximum Gasteiger partial charge on any atom is 0.289 e. The number of nitro groups is 1. The number of para-hydroxylation sites is 1. The first-order chi connectivity index (χ1) is 18.1. The Morgan fingerprint density at radius 1 is 1.26 bits per heavy atom. The van der Waals surface area contributed by atoms with Crippen LogP contribution < -0.4 is 4.90 Å². The van der Waals surface area contributed by atoms with Crippen LogP contribution in [-0.2, 0) is 16.6 Å². The van der Waals surface area contributed by atoms with Gasteiger partial charge in [-0.15, -0.1) is 12.6 Å². The first-order valence-corrected chi connectivity index (χ1v) is 13.6. The van der Waals surface area contributed by atoms with E-state index in [9.17, 15) is 23.3 Å². The Kier molecular flexibility index (Phi) is 8.05. The van der Waals surface area contributed by atoms with Gasteiger partial charge in [-0.05, 0) is 43.5 Å². The summed E-state index contributed by atoms with van der Waals surface area (Å²) >= 11 is 3.95. The Bertz CT molecular complexity index is 1520. The molecular formula is C25H24N6O5S2. The SMILES string of the molecule is Cc1ncc(C(=O)S)c(N2CCC[C@H]2CN(Cc2ccc(C#N)cc2)S(=O)(=O)c2ccccc2[N+](=O)[O-])n1. The number of nitriles is 1. The van der Waals surface area contributed by atoms with E-state index in [1.807, 2.05) is 11.0 Å². The van der Waals surface area contributed by atoms with E-state index in [0.29, 0.717) is 35.7 Å². The predicted molar refractivity (Wildman–Crippen MR) is 142 cm³/mol. The highest BCUT2D eigenvalue weighted by Crippen LogP contribution is 2.32. The molecule has 3 aromatic rings. The molecule has 0 aliphatic carbocycles. The average Bonchev–Trinajstić information content (AvgIpc) is 3.36. The molecule has 0 N–H and O–H groups in total. The van der Waals surface area contributed by atoms with E-state index < -0.39 is 30.6 Å². The van der Waals surface area contributed by atoms with Crippen LogP contribution in [0.15, 0.2) is 59.6 Å². The minimum Gasteiger partial charge on any atom is -0.352 e. The third kappa shape index (κ3) is 5.67. The van der Waals surface area contributed by atoms with Gasteiger partial charge in [0.05, 0.1) is 22.1 Å². The molecule has 0 saturated carbocycles. The number of anilines is 1. The second-order valence-corrected chi connectivity index (χ2v) is 11.1. The van der Waals surface area contributed by atoms with Crippen LogP contribution in [0.2, 0.25) is 0 Å². The Morgan fingerprint density at radius 3 is 2.63 bits per heavy atom. The van der Waals surface area contributed by atoms with Gasteiger partial charge < -0.3 is 4.90 Å². The summed E-state index contributed by atoms with van der Waals surface area (Å²) in [5.41, 5.74) is 0.729. The molecule has 0 radical (unpaired) electrons. The molecule has 1 aliphatic rings. The summed E-state index contributed by atoms with van der Waals surface area (Å²) in [7, 11) is -4.33. The van der Waals surface area contributed by atoms with Crippen LogP contribution >= 0.6 is 12.6 Å². The third-order valence-electron chi connectivity index (χ3n) is 6.30. The lowest BCUT2D eigenvalue weighted by Gasteiger charge is -2.32. The minimum absolute atomic E-state index is 0.0162. The normalized spacial score (nSPS) is 15.4. The molecular weight excluding hydrogens is 528 g/mol. The average molecular weight is 553 g/mol. The fraction of sp³-hybridized carbons (Fsp3) is 0.280. The molecule has 0 bridgehead atoms. The number of benzene rings is 2. The summed E-state index contributed by atoms with van der Waals surface area (Å²) in [6.45, 7) is 2.13. The number of aromatic nitrogens is 2. The van der Waals surface area contributed by atoms with Crippen LogP contribution in [0.5, 0.6) is 0 Å².